The van der Waals surface area contributed by atoms with Crippen LogP contribution in [0.5, 0.6) is 5.75 Å². The van der Waals surface area contributed by atoms with Crippen molar-refractivity contribution in [3.8, 4) is 5.75 Å². The highest BCUT2D eigenvalue weighted by Gasteiger charge is 2.32. The van der Waals surface area contributed by atoms with Crippen LogP contribution >= 0.6 is 0 Å². The quantitative estimate of drug-likeness (QED) is 0.787. The zero-order valence-corrected chi connectivity index (χ0v) is 13.8. The molecule has 21 heavy (non-hydrogen) atoms. The lowest BCUT2D eigenvalue weighted by Gasteiger charge is -2.37. The molecule has 1 aliphatic rings. The minimum absolute atomic E-state index is 0.203. The third kappa shape index (κ3) is 4.45. The summed E-state index contributed by atoms with van der Waals surface area (Å²) in [7, 11) is 2.04. The summed E-state index contributed by atoms with van der Waals surface area (Å²) in [6, 6.07) is 8.74. The molecular formula is C18H29NO2. The fourth-order valence-electron chi connectivity index (χ4n) is 3.10. The van der Waals surface area contributed by atoms with Crippen LogP contribution in [0.15, 0.2) is 24.3 Å². The zero-order chi connectivity index (χ0) is 15.2. The minimum Gasteiger partial charge on any atom is -0.491 e. The van der Waals surface area contributed by atoms with E-state index < -0.39 is 0 Å². The molecule has 0 aliphatic heterocycles. The van der Waals surface area contributed by atoms with Gasteiger partial charge in [-0.05, 0) is 59.1 Å². The Balaban J connectivity index is 1.98. The van der Waals surface area contributed by atoms with Crippen molar-refractivity contribution in [2.24, 2.45) is 5.92 Å². The van der Waals surface area contributed by atoms with Crippen LogP contribution in [0.25, 0.3) is 0 Å². The van der Waals surface area contributed by atoms with E-state index >= 15 is 0 Å². The van der Waals surface area contributed by atoms with Crippen LogP contribution in [-0.4, -0.2) is 25.9 Å². The molecular weight excluding hydrogens is 262 g/mol. The summed E-state index contributed by atoms with van der Waals surface area (Å²) in [6.07, 6.45) is 4.23. The van der Waals surface area contributed by atoms with Gasteiger partial charge in [0.1, 0.15) is 5.75 Å². The molecule has 0 aromatic heterocycles. The fourth-order valence-corrected chi connectivity index (χ4v) is 3.10. The molecule has 1 atom stereocenters. The van der Waals surface area contributed by atoms with Gasteiger partial charge in [0.25, 0.3) is 0 Å². The second-order valence-electron chi connectivity index (χ2n) is 6.20. The molecule has 0 radical (unpaired) electrons. The summed E-state index contributed by atoms with van der Waals surface area (Å²) in [5.74, 6) is 1.76. The van der Waals surface area contributed by atoms with Crippen molar-refractivity contribution in [2.45, 2.75) is 58.3 Å². The lowest BCUT2D eigenvalue weighted by atomic mass is 9.77. The number of para-hydroxylation sites is 1. The summed E-state index contributed by atoms with van der Waals surface area (Å²) >= 11 is 0. The molecule has 0 bridgehead atoms. The number of benzene rings is 1. The van der Waals surface area contributed by atoms with Gasteiger partial charge in [0.05, 0.1) is 12.2 Å². The normalized spacial score (nSPS) is 22.9. The highest BCUT2D eigenvalue weighted by Crippen LogP contribution is 2.38. The van der Waals surface area contributed by atoms with Gasteiger partial charge in [-0.2, -0.15) is 0 Å². The molecule has 0 heterocycles. The van der Waals surface area contributed by atoms with E-state index in [0.29, 0.717) is 12.1 Å². The zero-order valence-electron chi connectivity index (χ0n) is 13.8. The largest absolute Gasteiger partial charge is 0.491 e. The molecule has 118 valence electrons. The minimum atomic E-state index is 0.203. The fraction of sp³-hybridized carbons (Fsp3) is 0.667. The number of hydrogen-bond acceptors (Lipinski definition) is 3. The van der Waals surface area contributed by atoms with Crippen LogP contribution in [0.3, 0.4) is 0 Å². The molecule has 3 nitrogen and oxygen atoms in total. The van der Waals surface area contributed by atoms with E-state index in [1.807, 2.05) is 13.1 Å². The maximum absolute atomic E-state index is 5.96. The Morgan fingerprint density at radius 3 is 2.57 bits per heavy atom. The Morgan fingerprint density at radius 2 is 1.95 bits per heavy atom. The van der Waals surface area contributed by atoms with Crippen molar-refractivity contribution in [3.05, 3.63) is 29.8 Å². The first kappa shape index (κ1) is 16.3. The van der Waals surface area contributed by atoms with Crippen molar-refractivity contribution in [1.29, 1.82) is 0 Å². The van der Waals surface area contributed by atoms with Gasteiger partial charge in [-0.1, -0.05) is 18.2 Å². The molecule has 1 fully saturated rings. The molecule has 0 spiro atoms. The summed E-state index contributed by atoms with van der Waals surface area (Å²) in [5.41, 5.74) is 1.27. The second kappa shape index (κ2) is 7.81. The van der Waals surface area contributed by atoms with E-state index in [1.54, 1.807) is 0 Å². The molecule has 1 aromatic rings. The monoisotopic (exact) mass is 291 g/mol. The molecule has 0 amide bonds. The maximum atomic E-state index is 5.96. The first-order chi connectivity index (χ1) is 10.1. The average Bonchev–Trinajstić information content (AvgIpc) is 2.42. The first-order valence-electron chi connectivity index (χ1n) is 8.18. The highest BCUT2D eigenvalue weighted by molar-refractivity contribution is 5.36. The van der Waals surface area contributed by atoms with Crippen molar-refractivity contribution < 1.29 is 9.47 Å². The van der Waals surface area contributed by atoms with Gasteiger partial charge < -0.3 is 14.8 Å². The average molecular weight is 291 g/mol. The smallest absolute Gasteiger partial charge is 0.124 e. The third-order valence-electron chi connectivity index (χ3n) is 4.17. The Kier molecular flexibility index (Phi) is 6.07. The van der Waals surface area contributed by atoms with Crippen LogP contribution in [0.2, 0.25) is 0 Å². The predicted molar refractivity (Wildman–Crippen MR) is 86.8 cm³/mol. The van der Waals surface area contributed by atoms with Crippen LogP contribution in [0.1, 0.15) is 51.6 Å². The van der Waals surface area contributed by atoms with E-state index in [4.69, 9.17) is 9.47 Å². The molecule has 1 unspecified atom stereocenters. The van der Waals surface area contributed by atoms with Crippen LogP contribution < -0.4 is 10.1 Å². The molecule has 1 N–H and O–H groups in total. The number of hydrogen-bond donors (Lipinski definition) is 1. The van der Waals surface area contributed by atoms with Crippen molar-refractivity contribution in [2.75, 3.05) is 13.7 Å². The van der Waals surface area contributed by atoms with E-state index in [-0.39, 0.29) is 6.10 Å². The van der Waals surface area contributed by atoms with Crippen molar-refractivity contribution in [3.63, 3.8) is 0 Å². The molecule has 0 saturated heterocycles. The lowest BCUT2D eigenvalue weighted by Crippen LogP contribution is -2.34. The van der Waals surface area contributed by atoms with Crippen LogP contribution in [-0.2, 0) is 4.74 Å². The van der Waals surface area contributed by atoms with E-state index in [2.05, 4.69) is 44.3 Å². The number of nitrogens with one attached hydrogen (secondary N) is 1. The Morgan fingerprint density at radius 1 is 1.24 bits per heavy atom. The van der Waals surface area contributed by atoms with Gasteiger partial charge in [-0.25, -0.2) is 0 Å². The summed E-state index contributed by atoms with van der Waals surface area (Å²) < 4.78 is 11.6. The molecule has 2 rings (SSSR count). The Hall–Kier alpha value is -1.06. The standard InChI is InChI=1S/C18H29NO2/c1-5-20-15-10-14(11-15)12-17(19-4)16-8-6-7-9-18(16)21-13(2)3/h6-9,13-15,17,19H,5,10-12H2,1-4H3. The van der Waals surface area contributed by atoms with Gasteiger partial charge in [-0.15, -0.1) is 0 Å². The SMILES string of the molecule is CCOC1CC(CC(NC)c2ccccc2OC(C)C)C1. The Bertz CT molecular complexity index is 427. The van der Waals surface area contributed by atoms with Crippen molar-refractivity contribution >= 4 is 0 Å². The molecule has 1 aliphatic carbocycles. The third-order valence-corrected chi connectivity index (χ3v) is 4.17. The van der Waals surface area contributed by atoms with Gasteiger partial charge in [0, 0.05) is 18.2 Å². The summed E-state index contributed by atoms with van der Waals surface area (Å²) in [4.78, 5) is 0. The second-order valence-corrected chi connectivity index (χ2v) is 6.20. The predicted octanol–water partition coefficient (Wildman–Crippen LogP) is 3.94. The van der Waals surface area contributed by atoms with Crippen LogP contribution in [0.4, 0.5) is 0 Å². The molecule has 3 heteroatoms. The molecule has 1 saturated carbocycles. The number of ether oxygens (including phenoxy) is 2. The first-order valence-corrected chi connectivity index (χ1v) is 8.18. The van der Waals surface area contributed by atoms with Gasteiger partial charge >= 0.3 is 0 Å². The Labute approximate surface area is 129 Å². The van der Waals surface area contributed by atoms with Gasteiger partial charge in [0.15, 0.2) is 0 Å². The van der Waals surface area contributed by atoms with E-state index in [9.17, 15) is 0 Å². The van der Waals surface area contributed by atoms with E-state index in [0.717, 1.165) is 24.7 Å². The summed E-state index contributed by atoms with van der Waals surface area (Å²) in [5, 5.41) is 3.46. The van der Waals surface area contributed by atoms with Crippen LogP contribution in [0, 0.1) is 5.92 Å². The van der Waals surface area contributed by atoms with Gasteiger partial charge in [0.2, 0.25) is 0 Å². The maximum Gasteiger partial charge on any atom is 0.124 e. The van der Waals surface area contributed by atoms with E-state index in [1.165, 1.54) is 18.4 Å². The topological polar surface area (TPSA) is 30.5 Å². The van der Waals surface area contributed by atoms with Gasteiger partial charge in [-0.3, -0.25) is 0 Å². The summed E-state index contributed by atoms with van der Waals surface area (Å²) in [6.45, 7) is 7.05. The molecule has 1 aromatic carbocycles. The van der Waals surface area contributed by atoms with Crippen molar-refractivity contribution in [1.82, 2.24) is 5.32 Å². The number of rotatable bonds is 8. The highest BCUT2D eigenvalue weighted by atomic mass is 16.5. The lowest BCUT2D eigenvalue weighted by molar-refractivity contribution is -0.0290.